The Balaban J connectivity index is 2.54. The van der Waals surface area contributed by atoms with Crippen molar-refractivity contribution in [1.29, 1.82) is 0 Å². The van der Waals surface area contributed by atoms with Gasteiger partial charge in [0.05, 0.1) is 0 Å². The minimum absolute atomic E-state index is 0.0560. The number of phenolic OH excluding ortho intramolecular Hbond substituents is 1. The van der Waals surface area contributed by atoms with Gasteiger partial charge in [0, 0.05) is 11.8 Å². The molecule has 0 atom stereocenters. The lowest BCUT2D eigenvalue weighted by Gasteiger charge is -2.05. The Morgan fingerprint density at radius 1 is 1.25 bits per heavy atom. The molecular formula is C10H9FN4O. The standard InChI is InChI=1S/C10H9FN4O/c11-7-3-5(1-2-8(7)16)6-4-14-10(13)15-9(6)12/h1-4,16H,(H4,12,13,14,15). The van der Waals surface area contributed by atoms with E-state index < -0.39 is 11.6 Å². The number of nitrogens with two attached hydrogens (primary N) is 2. The summed E-state index contributed by atoms with van der Waals surface area (Å²) in [6.07, 6.45) is 1.41. The maximum Gasteiger partial charge on any atom is 0.221 e. The number of halogens is 1. The fourth-order valence-corrected chi connectivity index (χ4v) is 1.31. The molecule has 0 radical (unpaired) electrons. The number of nitrogen functional groups attached to an aromatic ring is 2. The van der Waals surface area contributed by atoms with Crippen LogP contribution in [-0.4, -0.2) is 15.1 Å². The van der Waals surface area contributed by atoms with Crippen LogP contribution in [0.5, 0.6) is 5.75 Å². The van der Waals surface area contributed by atoms with Crippen LogP contribution in [0.4, 0.5) is 16.2 Å². The molecule has 0 saturated carbocycles. The van der Waals surface area contributed by atoms with Crippen molar-refractivity contribution in [2.24, 2.45) is 0 Å². The van der Waals surface area contributed by atoms with Gasteiger partial charge in [-0.1, -0.05) is 6.07 Å². The molecule has 5 nitrogen and oxygen atoms in total. The maximum absolute atomic E-state index is 13.1. The average molecular weight is 220 g/mol. The summed E-state index contributed by atoms with van der Waals surface area (Å²) in [5.74, 6) is -0.925. The Kier molecular flexibility index (Phi) is 2.32. The number of benzene rings is 1. The van der Waals surface area contributed by atoms with Crippen LogP contribution in [0.15, 0.2) is 24.4 Å². The summed E-state index contributed by atoms with van der Waals surface area (Å²) in [4.78, 5) is 7.53. The molecular weight excluding hydrogens is 211 g/mol. The predicted octanol–water partition coefficient (Wildman–Crippen LogP) is 1.15. The Morgan fingerprint density at radius 2 is 2.00 bits per heavy atom. The lowest BCUT2D eigenvalue weighted by Crippen LogP contribution is -2.01. The normalized spacial score (nSPS) is 10.3. The topological polar surface area (TPSA) is 98.0 Å². The minimum atomic E-state index is -0.728. The first-order valence-corrected chi connectivity index (χ1v) is 4.45. The summed E-state index contributed by atoms with van der Waals surface area (Å²) in [5.41, 5.74) is 11.9. The van der Waals surface area contributed by atoms with E-state index in [9.17, 15) is 4.39 Å². The molecule has 0 aliphatic rings. The van der Waals surface area contributed by atoms with Crippen molar-refractivity contribution < 1.29 is 9.50 Å². The summed E-state index contributed by atoms with van der Waals surface area (Å²) >= 11 is 0. The van der Waals surface area contributed by atoms with Crippen molar-refractivity contribution in [3.05, 3.63) is 30.2 Å². The van der Waals surface area contributed by atoms with Crippen molar-refractivity contribution in [3.63, 3.8) is 0 Å². The molecule has 1 aromatic carbocycles. The van der Waals surface area contributed by atoms with Gasteiger partial charge in [-0.25, -0.2) is 9.37 Å². The van der Waals surface area contributed by atoms with E-state index in [1.807, 2.05) is 0 Å². The van der Waals surface area contributed by atoms with Crippen LogP contribution < -0.4 is 11.5 Å². The zero-order chi connectivity index (χ0) is 11.7. The molecule has 0 unspecified atom stereocenters. The van der Waals surface area contributed by atoms with Crippen LogP contribution >= 0.6 is 0 Å². The number of hydrogen-bond donors (Lipinski definition) is 3. The third-order valence-corrected chi connectivity index (χ3v) is 2.10. The SMILES string of the molecule is Nc1ncc(-c2ccc(O)c(F)c2)c(N)n1. The van der Waals surface area contributed by atoms with Crippen molar-refractivity contribution >= 4 is 11.8 Å². The molecule has 0 amide bonds. The van der Waals surface area contributed by atoms with E-state index in [1.165, 1.54) is 18.3 Å². The van der Waals surface area contributed by atoms with E-state index in [-0.39, 0.29) is 11.8 Å². The quantitative estimate of drug-likeness (QED) is 0.669. The molecule has 2 aromatic rings. The highest BCUT2D eigenvalue weighted by Crippen LogP contribution is 2.27. The predicted molar refractivity (Wildman–Crippen MR) is 57.9 cm³/mol. The molecule has 0 bridgehead atoms. The Hall–Kier alpha value is -2.37. The number of hydrogen-bond acceptors (Lipinski definition) is 5. The monoisotopic (exact) mass is 220 g/mol. The lowest BCUT2D eigenvalue weighted by atomic mass is 10.1. The largest absolute Gasteiger partial charge is 0.505 e. The summed E-state index contributed by atoms with van der Waals surface area (Å²) in [6.45, 7) is 0. The smallest absolute Gasteiger partial charge is 0.221 e. The van der Waals surface area contributed by atoms with Gasteiger partial charge in [0.1, 0.15) is 5.82 Å². The molecule has 82 valence electrons. The summed E-state index contributed by atoms with van der Waals surface area (Å²) < 4.78 is 13.1. The zero-order valence-electron chi connectivity index (χ0n) is 8.18. The van der Waals surface area contributed by atoms with Gasteiger partial charge in [-0.15, -0.1) is 0 Å². The number of nitrogens with zero attached hydrogens (tertiary/aromatic N) is 2. The Bertz CT molecular complexity index is 544. The van der Waals surface area contributed by atoms with E-state index in [1.54, 1.807) is 0 Å². The third-order valence-electron chi connectivity index (χ3n) is 2.10. The van der Waals surface area contributed by atoms with Crippen LogP contribution in [0.3, 0.4) is 0 Å². The van der Waals surface area contributed by atoms with Crippen molar-refractivity contribution in [2.45, 2.75) is 0 Å². The highest BCUT2D eigenvalue weighted by Gasteiger charge is 2.08. The van der Waals surface area contributed by atoms with Crippen molar-refractivity contribution in [2.75, 3.05) is 11.5 Å². The third kappa shape index (κ3) is 1.72. The van der Waals surface area contributed by atoms with Gasteiger partial charge in [-0.2, -0.15) is 4.98 Å². The van der Waals surface area contributed by atoms with Gasteiger partial charge in [-0.05, 0) is 17.7 Å². The molecule has 1 aromatic heterocycles. The summed E-state index contributed by atoms with van der Waals surface area (Å²) in [5, 5.41) is 9.05. The second kappa shape index (κ2) is 3.65. The van der Waals surface area contributed by atoms with Gasteiger partial charge in [-0.3, -0.25) is 0 Å². The molecule has 0 aliphatic carbocycles. The van der Waals surface area contributed by atoms with Crippen molar-refractivity contribution in [1.82, 2.24) is 9.97 Å². The molecule has 1 heterocycles. The average Bonchev–Trinajstić information content (AvgIpc) is 2.22. The van der Waals surface area contributed by atoms with Crippen LogP contribution in [0.2, 0.25) is 0 Å². The highest BCUT2D eigenvalue weighted by molar-refractivity contribution is 5.73. The van der Waals surface area contributed by atoms with Gasteiger partial charge in [0.2, 0.25) is 5.95 Å². The number of phenols is 1. The van der Waals surface area contributed by atoms with E-state index in [4.69, 9.17) is 16.6 Å². The number of rotatable bonds is 1. The maximum atomic E-state index is 13.1. The molecule has 2 rings (SSSR count). The molecule has 0 fully saturated rings. The van der Waals surface area contributed by atoms with Crippen molar-refractivity contribution in [3.8, 4) is 16.9 Å². The fourth-order valence-electron chi connectivity index (χ4n) is 1.31. The molecule has 5 N–H and O–H groups in total. The summed E-state index contributed by atoms with van der Waals surface area (Å²) in [7, 11) is 0. The molecule has 16 heavy (non-hydrogen) atoms. The van der Waals surface area contributed by atoms with Gasteiger partial charge in [0.25, 0.3) is 0 Å². The Morgan fingerprint density at radius 3 is 2.62 bits per heavy atom. The molecule has 6 heteroatoms. The van der Waals surface area contributed by atoms with Crippen LogP contribution in [-0.2, 0) is 0 Å². The first-order valence-electron chi connectivity index (χ1n) is 4.45. The van der Waals surface area contributed by atoms with Crippen LogP contribution in [0.25, 0.3) is 11.1 Å². The molecule has 0 spiro atoms. The van der Waals surface area contributed by atoms with Gasteiger partial charge in [0.15, 0.2) is 11.6 Å². The lowest BCUT2D eigenvalue weighted by molar-refractivity contribution is 0.432. The fraction of sp³-hybridized carbons (Fsp3) is 0. The van der Waals surface area contributed by atoms with E-state index in [2.05, 4.69) is 9.97 Å². The van der Waals surface area contributed by atoms with Crippen LogP contribution in [0.1, 0.15) is 0 Å². The molecule has 0 aliphatic heterocycles. The minimum Gasteiger partial charge on any atom is -0.505 e. The van der Waals surface area contributed by atoms with E-state index >= 15 is 0 Å². The van der Waals surface area contributed by atoms with Gasteiger partial charge < -0.3 is 16.6 Å². The summed E-state index contributed by atoms with van der Waals surface area (Å²) in [6, 6.07) is 3.91. The second-order valence-electron chi connectivity index (χ2n) is 3.19. The number of aromatic nitrogens is 2. The van der Waals surface area contributed by atoms with E-state index in [0.717, 1.165) is 6.07 Å². The number of aromatic hydroxyl groups is 1. The number of anilines is 2. The van der Waals surface area contributed by atoms with Gasteiger partial charge >= 0.3 is 0 Å². The van der Waals surface area contributed by atoms with Crippen LogP contribution in [0, 0.1) is 5.82 Å². The molecule has 0 saturated heterocycles. The Labute approximate surface area is 90.6 Å². The van der Waals surface area contributed by atoms with E-state index in [0.29, 0.717) is 11.1 Å². The first kappa shape index (κ1) is 10.2. The zero-order valence-corrected chi connectivity index (χ0v) is 8.18. The highest BCUT2D eigenvalue weighted by atomic mass is 19.1. The second-order valence-corrected chi connectivity index (χ2v) is 3.19. The first-order chi connectivity index (χ1) is 7.58.